The van der Waals surface area contributed by atoms with Gasteiger partial charge in [-0.3, -0.25) is 4.57 Å². The fourth-order valence-electron chi connectivity index (χ4n) is 3.35. The van der Waals surface area contributed by atoms with Crippen LogP contribution >= 0.6 is 7.60 Å². The van der Waals surface area contributed by atoms with Gasteiger partial charge < -0.3 is 9.79 Å². The molecule has 3 nitrogen and oxygen atoms in total. The monoisotopic (exact) mass is 320 g/mol. The maximum Gasteiger partial charge on any atom is 0.329 e. The summed E-state index contributed by atoms with van der Waals surface area (Å²) in [6, 6.07) is 0. The van der Waals surface area contributed by atoms with Crippen molar-refractivity contribution in [3.8, 4) is 0 Å². The predicted molar refractivity (Wildman–Crippen MR) is 91.7 cm³/mol. The lowest BCUT2D eigenvalue weighted by Crippen LogP contribution is -2.26. The second-order valence-corrected chi connectivity index (χ2v) is 8.51. The molecule has 4 heteroatoms. The minimum Gasteiger partial charge on any atom is -0.324 e. The van der Waals surface area contributed by atoms with Crippen LogP contribution in [0.5, 0.6) is 0 Å². The first-order valence-electron chi connectivity index (χ1n) is 8.89. The summed E-state index contributed by atoms with van der Waals surface area (Å²) in [6.07, 6.45) is 11.3. The molecule has 0 rings (SSSR count). The van der Waals surface area contributed by atoms with Gasteiger partial charge in [0.05, 0.1) is 5.66 Å². The summed E-state index contributed by atoms with van der Waals surface area (Å²) in [5, 5.41) is 0. The van der Waals surface area contributed by atoms with Gasteiger partial charge in [0.15, 0.2) is 0 Å². The summed E-state index contributed by atoms with van der Waals surface area (Å²) in [7, 11) is -4.00. The first-order chi connectivity index (χ1) is 9.84. The van der Waals surface area contributed by atoms with Gasteiger partial charge in [-0.15, -0.1) is 0 Å². The van der Waals surface area contributed by atoms with Crippen LogP contribution in [-0.4, -0.2) is 15.4 Å². The molecule has 0 aromatic carbocycles. The van der Waals surface area contributed by atoms with Crippen molar-refractivity contribution in [2.75, 3.05) is 0 Å². The van der Waals surface area contributed by atoms with Gasteiger partial charge in [-0.25, -0.2) is 0 Å². The Balaban J connectivity index is 4.39. The van der Waals surface area contributed by atoms with Crippen LogP contribution in [0.15, 0.2) is 0 Å². The van der Waals surface area contributed by atoms with Gasteiger partial charge in [0.1, 0.15) is 0 Å². The van der Waals surface area contributed by atoms with Crippen LogP contribution < -0.4 is 0 Å². The molecular formula is C17H37O3P. The second-order valence-electron chi connectivity index (χ2n) is 6.73. The Morgan fingerprint density at radius 3 is 1.43 bits per heavy atom. The van der Waals surface area contributed by atoms with E-state index in [-0.39, 0.29) is 11.8 Å². The van der Waals surface area contributed by atoms with Crippen molar-refractivity contribution in [3.05, 3.63) is 0 Å². The average Bonchev–Trinajstić information content (AvgIpc) is 2.38. The molecule has 0 saturated carbocycles. The van der Waals surface area contributed by atoms with E-state index in [1.807, 2.05) is 13.8 Å². The van der Waals surface area contributed by atoms with Crippen molar-refractivity contribution in [3.63, 3.8) is 0 Å². The molecule has 0 aromatic rings. The summed E-state index contributed by atoms with van der Waals surface area (Å²) >= 11 is 0. The first kappa shape index (κ1) is 21.1. The maximum absolute atomic E-state index is 11.9. The lowest BCUT2D eigenvalue weighted by molar-refractivity contribution is 0.284. The number of unbranched alkanes of at least 4 members (excludes halogenated alkanes) is 6. The van der Waals surface area contributed by atoms with Crippen LogP contribution in [0.1, 0.15) is 91.9 Å². The minimum atomic E-state index is -4.00. The minimum absolute atomic E-state index is 0.115. The van der Waals surface area contributed by atoms with Gasteiger partial charge >= 0.3 is 7.60 Å². The number of hydrogen-bond acceptors (Lipinski definition) is 1. The van der Waals surface area contributed by atoms with E-state index < -0.39 is 13.3 Å². The van der Waals surface area contributed by atoms with Crippen molar-refractivity contribution in [2.24, 2.45) is 11.8 Å². The Labute approximate surface area is 132 Å². The largest absolute Gasteiger partial charge is 0.329 e. The molecule has 0 aliphatic rings. The molecule has 21 heavy (non-hydrogen) atoms. The van der Waals surface area contributed by atoms with Gasteiger partial charge in [0.2, 0.25) is 0 Å². The molecule has 2 unspecified atom stereocenters. The van der Waals surface area contributed by atoms with E-state index in [4.69, 9.17) is 0 Å². The highest BCUT2D eigenvalue weighted by Gasteiger charge is 2.37. The Morgan fingerprint density at radius 1 is 0.762 bits per heavy atom. The van der Waals surface area contributed by atoms with Gasteiger partial charge in [-0.1, -0.05) is 79.1 Å². The van der Waals surface area contributed by atoms with E-state index in [0.717, 1.165) is 25.7 Å². The van der Waals surface area contributed by atoms with Crippen LogP contribution in [-0.2, 0) is 4.57 Å². The van der Waals surface area contributed by atoms with Gasteiger partial charge in [0, 0.05) is 0 Å². The Morgan fingerprint density at radius 2 is 1.14 bits per heavy atom. The Bertz CT molecular complexity index is 270. The highest BCUT2D eigenvalue weighted by molar-refractivity contribution is 7.52. The van der Waals surface area contributed by atoms with E-state index >= 15 is 0 Å². The molecule has 0 aliphatic carbocycles. The van der Waals surface area contributed by atoms with Gasteiger partial charge in [-0.2, -0.15) is 0 Å². The van der Waals surface area contributed by atoms with Crippen LogP contribution in [0.2, 0.25) is 0 Å². The van der Waals surface area contributed by atoms with E-state index in [1.165, 1.54) is 38.5 Å². The van der Waals surface area contributed by atoms with Crippen molar-refractivity contribution in [2.45, 2.75) is 97.6 Å². The quantitative estimate of drug-likeness (QED) is 0.336. The third-order valence-electron chi connectivity index (χ3n) is 4.58. The Hall–Kier alpha value is 0.150. The summed E-state index contributed by atoms with van der Waals surface area (Å²) in [4.78, 5) is 19.5. The number of rotatable bonds is 13. The van der Waals surface area contributed by atoms with Crippen LogP contribution in [0.3, 0.4) is 0 Å². The molecule has 0 heterocycles. The second kappa shape index (κ2) is 11.7. The molecule has 0 spiro atoms. The molecular weight excluding hydrogens is 283 g/mol. The van der Waals surface area contributed by atoms with Crippen molar-refractivity contribution >= 4 is 7.60 Å². The highest BCUT2D eigenvalue weighted by atomic mass is 31.2. The van der Waals surface area contributed by atoms with Gasteiger partial charge in [-0.05, 0) is 24.7 Å². The maximum atomic E-state index is 11.9. The first-order valence-corrected chi connectivity index (χ1v) is 10.6. The predicted octanol–water partition coefficient (Wildman–Crippen LogP) is 5.75. The highest BCUT2D eigenvalue weighted by Crippen LogP contribution is 2.50. The molecule has 2 atom stereocenters. The summed E-state index contributed by atoms with van der Waals surface area (Å²) in [5.74, 6) is 0.229. The van der Waals surface area contributed by atoms with E-state index in [2.05, 4.69) is 13.8 Å². The van der Waals surface area contributed by atoms with Crippen molar-refractivity contribution < 1.29 is 14.4 Å². The molecule has 0 bridgehead atoms. The summed E-state index contributed by atoms with van der Waals surface area (Å²) in [5.41, 5.74) is -0.458. The molecule has 128 valence electrons. The van der Waals surface area contributed by atoms with Crippen molar-refractivity contribution in [1.82, 2.24) is 0 Å². The third-order valence-corrected chi connectivity index (χ3v) is 6.38. The molecule has 0 amide bonds. The molecule has 0 aliphatic heterocycles. The van der Waals surface area contributed by atoms with Crippen LogP contribution in [0.4, 0.5) is 0 Å². The molecule has 0 aromatic heterocycles. The summed E-state index contributed by atoms with van der Waals surface area (Å²) < 4.78 is 11.9. The van der Waals surface area contributed by atoms with Crippen LogP contribution in [0.25, 0.3) is 0 Å². The Kier molecular flexibility index (Phi) is 11.8. The van der Waals surface area contributed by atoms with E-state index in [1.54, 1.807) is 0 Å². The van der Waals surface area contributed by atoms with Crippen molar-refractivity contribution in [1.29, 1.82) is 0 Å². The van der Waals surface area contributed by atoms with Crippen LogP contribution in [0, 0.1) is 11.8 Å². The average molecular weight is 320 g/mol. The molecule has 0 saturated heterocycles. The lowest BCUT2D eigenvalue weighted by atomic mass is 9.88. The zero-order valence-corrected chi connectivity index (χ0v) is 15.4. The zero-order valence-electron chi connectivity index (χ0n) is 14.6. The topological polar surface area (TPSA) is 57.5 Å². The smallest absolute Gasteiger partial charge is 0.324 e. The lowest BCUT2D eigenvalue weighted by Gasteiger charge is -2.30. The number of hydrogen-bond donors (Lipinski definition) is 2. The van der Waals surface area contributed by atoms with E-state index in [9.17, 15) is 14.4 Å². The fourth-order valence-corrected chi connectivity index (χ4v) is 4.98. The van der Waals surface area contributed by atoms with E-state index in [0.29, 0.717) is 0 Å². The summed E-state index contributed by atoms with van der Waals surface area (Å²) in [6.45, 7) is 8.41. The molecule has 2 N–H and O–H groups in total. The zero-order chi connectivity index (χ0) is 16.3. The van der Waals surface area contributed by atoms with Gasteiger partial charge in [0.25, 0.3) is 0 Å². The fraction of sp³-hybridized carbons (Fsp3) is 1.00. The SMILES string of the molecule is CCCCCCC(C)C(C(C)CCCCCC)P(=O)(O)O. The molecule has 0 fully saturated rings. The molecule has 0 radical (unpaired) electrons. The normalized spacial score (nSPS) is 16.7. The third kappa shape index (κ3) is 9.71. The standard InChI is InChI=1S/C17H37O3P/c1-5-7-9-11-13-15(3)17(21(18,19)20)16(4)14-12-10-8-6-2/h15-17H,5-14H2,1-4H3,(H2,18,19,20).